The maximum absolute atomic E-state index is 7.95. The highest BCUT2D eigenvalue weighted by molar-refractivity contribution is 7.39. The Kier molecular flexibility index (Phi) is 14.2. The zero-order chi connectivity index (χ0) is 6.99. The Labute approximate surface area is 49.2 Å². The molecule has 0 unspecified atom stereocenters. The fourth-order valence-electron chi connectivity index (χ4n) is 0.115. The molecule has 0 atom stereocenters. The summed E-state index contributed by atoms with van der Waals surface area (Å²) in [5.41, 5.74) is 0. The molecule has 0 rings (SSSR count). The van der Waals surface area contributed by atoms with Crippen molar-refractivity contribution in [3.63, 3.8) is 0 Å². The molecule has 52 valence electrons. The third-order valence-electron chi connectivity index (χ3n) is 0.245. The van der Waals surface area contributed by atoms with E-state index in [1.54, 1.807) is 6.92 Å². The van der Waals surface area contributed by atoms with Crippen molar-refractivity contribution in [1.82, 2.24) is 0 Å². The minimum atomic E-state index is -2.10. The van der Waals surface area contributed by atoms with Crippen LogP contribution in [0.3, 0.4) is 0 Å². The molecule has 0 saturated heterocycles. The summed E-state index contributed by atoms with van der Waals surface area (Å²) in [5, 5.41) is 0. The lowest BCUT2D eigenvalue weighted by molar-refractivity contribution is 0.269. The third-order valence-corrected chi connectivity index (χ3v) is 0.734. The van der Waals surface area contributed by atoms with Gasteiger partial charge in [0.1, 0.15) is 0 Å². The molecule has 0 fully saturated rings. The molecule has 0 saturated carbocycles. The van der Waals surface area contributed by atoms with E-state index in [-0.39, 0.29) is 0 Å². The van der Waals surface area contributed by atoms with Gasteiger partial charge in [-0.1, -0.05) is 0 Å². The van der Waals surface area contributed by atoms with Gasteiger partial charge in [-0.05, 0) is 6.92 Å². The first-order valence-corrected chi connectivity index (χ1v) is 3.08. The molecule has 8 heavy (non-hydrogen) atoms. The molecule has 5 nitrogen and oxygen atoms in total. The fraction of sp³-hybridized carbons (Fsp3) is 1.00. The van der Waals surface area contributed by atoms with Gasteiger partial charge in [0.05, 0.1) is 6.61 Å². The van der Waals surface area contributed by atoms with Crippen molar-refractivity contribution in [2.75, 3.05) is 6.61 Å². The average molecular weight is 142 g/mol. The van der Waals surface area contributed by atoms with Crippen molar-refractivity contribution < 1.29 is 14.3 Å². The smallest absolute Gasteiger partial charge is 0.327 e. The van der Waals surface area contributed by atoms with Crippen molar-refractivity contribution in [1.29, 1.82) is 0 Å². The topological polar surface area (TPSA) is 102 Å². The molecule has 0 amide bonds. The zero-order valence-corrected chi connectivity index (χ0v) is 5.51. The van der Waals surface area contributed by atoms with Gasteiger partial charge in [-0.15, -0.1) is 0 Å². The second kappa shape index (κ2) is 10.3. The molecular weight excluding hydrogens is 131 g/mol. The first-order chi connectivity index (χ1) is 3.77. The molecule has 6 N–H and O–H groups in total. The van der Waals surface area contributed by atoms with Crippen molar-refractivity contribution in [3.8, 4) is 0 Å². The van der Waals surface area contributed by atoms with Gasteiger partial charge in [0.25, 0.3) is 0 Å². The molecule has 0 aliphatic heterocycles. The highest BCUT2D eigenvalue weighted by atomic mass is 31.2. The number of hydrogen-bond donors (Lipinski definition) is 4. The van der Waals surface area contributed by atoms with Crippen LogP contribution in [-0.4, -0.2) is 16.4 Å². The monoisotopic (exact) mass is 142 g/mol. The second-order valence-electron chi connectivity index (χ2n) is 0.671. The van der Waals surface area contributed by atoms with Crippen LogP contribution < -0.4 is 11.7 Å². The molecular formula is C2H11N2O3P. The lowest BCUT2D eigenvalue weighted by Gasteiger charge is -1.95. The summed E-state index contributed by atoms with van der Waals surface area (Å²) in [6, 6.07) is 0. The van der Waals surface area contributed by atoms with E-state index in [9.17, 15) is 0 Å². The highest BCUT2D eigenvalue weighted by Gasteiger charge is 1.91. The van der Waals surface area contributed by atoms with E-state index in [4.69, 9.17) is 9.79 Å². The van der Waals surface area contributed by atoms with Crippen LogP contribution in [0.1, 0.15) is 6.92 Å². The van der Waals surface area contributed by atoms with Gasteiger partial charge in [0, 0.05) is 0 Å². The summed E-state index contributed by atoms with van der Waals surface area (Å²) in [6.07, 6.45) is 0. The van der Waals surface area contributed by atoms with E-state index >= 15 is 0 Å². The van der Waals surface area contributed by atoms with Crippen LogP contribution in [0.25, 0.3) is 0 Å². The fourth-order valence-corrected chi connectivity index (χ4v) is 0.346. The summed E-state index contributed by atoms with van der Waals surface area (Å²) in [6.45, 7) is 2.06. The molecule has 0 heterocycles. The van der Waals surface area contributed by atoms with Gasteiger partial charge < -0.3 is 14.3 Å². The van der Waals surface area contributed by atoms with Crippen LogP contribution in [0.2, 0.25) is 0 Å². The Hall–Kier alpha value is 0.230. The average Bonchev–Trinajstić information content (AvgIpc) is 1.72. The minimum absolute atomic E-state index is 0.360. The van der Waals surface area contributed by atoms with Crippen LogP contribution >= 0.6 is 8.60 Å². The van der Waals surface area contributed by atoms with Crippen molar-refractivity contribution >= 4 is 8.60 Å². The van der Waals surface area contributed by atoms with E-state index in [0.717, 1.165) is 0 Å². The van der Waals surface area contributed by atoms with Gasteiger partial charge >= 0.3 is 8.60 Å². The number of rotatable bonds is 2. The molecule has 0 aromatic rings. The number of hydrogen-bond acceptors (Lipinski definition) is 5. The van der Waals surface area contributed by atoms with Crippen molar-refractivity contribution in [3.05, 3.63) is 0 Å². The number of nitrogens with two attached hydrogens (primary N) is 2. The van der Waals surface area contributed by atoms with Crippen molar-refractivity contribution in [2.45, 2.75) is 6.92 Å². The maximum atomic E-state index is 7.95. The summed E-state index contributed by atoms with van der Waals surface area (Å²) in [4.78, 5) is 15.9. The molecule has 0 aromatic heterocycles. The van der Waals surface area contributed by atoms with E-state index in [2.05, 4.69) is 16.2 Å². The van der Waals surface area contributed by atoms with Gasteiger partial charge in [0.15, 0.2) is 0 Å². The Morgan fingerprint density at radius 2 is 1.88 bits per heavy atom. The highest BCUT2D eigenvalue weighted by Crippen LogP contribution is 2.22. The molecule has 0 radical (unpaired) electrons. The normalized spacial score (nSPS) is 8.25. The SMILES string of the molecule is CCOP(O)O.NN. The Bertz CT molecular complexity index is 36.5. The van der Waals surface area contributed by atoms with Crippen LogP contribution in [0.5, 0.6) is 0 Å². The van der Waals surface area contributed by atoms with Crippen molar-refractivity contribution in [2.24, 2.45) is 11.7 Å². The van der Waals surface area contributed by atoms with Crippen LogP contribution in [0.15, 0.2) is 0 Å². The summed E-state index contributed by atoms with van der Waals surface area (Å²) in [7, 11) is -2.10. The van der Waals surface area contributed by atoms with E-state index in [1.165, 1.54) is 0 Å². The third kappa shape index (κ3) is 16.3. The quantitative estimate of drug-likeness (QED) is 0.226. The largest absolute Gasteiger partial charge is 0.328 e. The lowest BCUT2D eigenvalue weighted by Crippen LogP contribution is -2.02. The lowest BCUT2D eigenvalue weighted by atomic mass is 10.9. The second-order valence-corrected chi connectivity index (χ2v) is 1.43. The Morgan fingerprint density at radius 1 is 1.50 bits per heavy atom. The Morgan fingerprint density at radius 3 is 1.88 bits per heavy atom. The van der Waals surface area contributed by atoms with Crippen LogP contribution in [0.4, 0.5) is 0 Å². The van der Waals surface area contributed by atoms with Gasteiger partial charge in [0.2, 0.25) is 0 Å². The first kappa shape index (κ1) is 11.1. The van der Waals surface area contributed by atoms with E-state index < -0.39 is 8.60 Å². The molecule has 6 heteroatoms. The van der Waals surface area contributed by atoms with Gasteiger partial charge in [-0.2, -0.15) is 0 Å². The molecule has 0 aromatic carbocycles. The minimum Gasteiger partial charge on any atom is -0.328 e. The summed E-state index contributed by atoms with van der Waals surface area (Å²) < 4.78 is 4.22. The number of hydrazine groups is 1. The summed E-state index contributed by atoms with van der Waals surface area (Å²) >= 11 is 0. The molecule has 0 aliphatic rings. The Balaban J connectivity index is 0. The summed E-state index contributed by atoms with van der Waals surface area (Å²) in [5.74, 6) is 8.00. The van der Waals surface area contributed by atoms with E-state index in [1.807, 2.05) is 0 Å². The standard InChI is InChI=1S/C2H7O3P.H4N2/c1-2-5-6(3)4;1-2/h3-4H,2H2,1H3;1-2H2. The molecule has 0 spiro atoms. The van der Waals surface area contributed by atoms with Gasteiger partial charge in [-0.25, -0.2) is 0 Å². The van der Waals surface area contributed by atoms with E-state index in [0.29, 0.717) is 6.61 Å². The van der Waals surface area contributed by atoms with Crippen LogP contribution in [-0.2, 0) is 4.52 Å². The molecule has 0 aliphatic carbocycles. The van der Waals surface area contributed by atoms with Crippen LogP contribution in [0, 0.1) is 0 Å². The van der Waals surface area contributed by atoms with Gasteiger partial charge in [-0.3, -0.25) is 11.7 Å². The maximum Gasteiger partial charge on any atom is 0.327 e. The predicted molar refractivity (Wildman–Crippen MR) is 31.4 cm³/mol. The zero-order valence-electron chi connectivity index (χ0n) is 4.61. The molecule has 0 bridgehead atoms. The predicted octanol–water partition coefficient (Wildman–Crippen LogP) is -0.947. The first-order valence-electron chi connectivity index (χ1n) is 1.91.